The molecule has 0 radical (unpaired) electrons. The molecule has 1 aliphatic rings. The Bertz CT molecular complexity index is 931. The molecule has 0 unspecified atom stereocenters. The monoisotopic (exact) mass is 455 g/mol. The van der Waals surface area contributed by atoms with E-state index in [0.29, 0.717) is 24.7 Å². The van der Waals surface area contributed by atoms with Crippen LogP contribution in [0.4, 0.5) is 0 Å². The van der Waals surface area contributed by atoms with Gasteiger partial charge in [0, 0.05) is 22.5 Å². The summed E-state index contributed by atoms with van der Waals surface area (Å²) < 4.78 is 44.0. The number of carbonyl (C=O) groups excluding carboxylic acids is 1. The number of esters is 1. The Labute approximate surface area is 165 Å². The molecule has 0 saturated carbocycles. The van der Waals surface area contributed by atoms with E-state index in [9.17, 15) is 13.2 Å². The lowest BCUT2D eigenvalue weighted by molar-refractivity contribution is -0.143. The Morgan fingerprint density at radius 3 is 2.63 bits per heavy atom. The molecule has 1 heterocycles. The zero-order chi connectivity index (χ0) is 19.3. The molecule has 9 heteroatoms. The molecular formula is C18H18BrNO6S. The first-order valence-corrected chi connectivity index (χ1v) is 10.5. The molecule has 0 saturated heterocycles. The van der Waals surface area contributed by atoms with Crippen molar-refractivity contribution in [2.24, 2.45) is 0 Å². The Morgan fingerprint density at radius 2 is 1.85 bits per heavy atom. The van der Waals surface area contributed by atoms with Crippen molar-refractivity contribution in [2.45, 2.75) is 17.9 Å². The van der Waals surface area contributed by atoms with Crippen LogP contribution in [0.15, 0.2) is 51.8 Å². The van der Waals surface area contributed by atoms with E-state index in [1.165, 1.54) is 12.1 Å². The Hall–Kier alpha value is -2.10. The summed E-state index contributed by atoms with van der Waals surface area (Å²) in [6.45, 7) is 0.541. The van der Waals surface area contributed by atoms with Crippen molar-refractivity contribution in [3.63, 3.8) is 0 Å². The predicted octanol–water partition coefficient (Wildman–Crippen LogP) is 2.63. The number of ether oxygens (including phenoxy) is 3. The average molecular weight is 456 g/mol. The quantitative estimate of drug-likeness (QED) is 0.673. The molecule has 144 valence electrons. The molecule has 27 heavy (non-hydrogen) atoms. The van der Waals surface area contributed by atoms with Crippen molar-refractivity contribution < 1.29 is 27.4 Å². The Kier molecular flexibility index (Phi) is 6.35. The van der Waals surface area contributed by atoms with E-state index >= 15 is 0 Å². The molecule has 0 spiro atoms. The minimum absolute atomic E-state index is 0.00893. The molecular weight excluding hydrogens is 438 g/mol. The number of halogens is 1. The Balaban J connectivity index is 1.59. The highest BCUT2D eigenvalue weighted by molar-refractivity contribution is 9.10. The van der Waals surface area contributed by atoms with Gasteiger partial charge in [-0.1, -0.05) is 34.1 Å². The molecule has 0 atom stereocenters. The summed E-state index contributed by atoms with van der Waals surface area (Å²) in [5.41, 5.74) is 0.789. The molecule has 0 aliphatic carbocycles. The van der Waals surface area contributed by atoms with Crippen LogP contribution in [0.5, 0.6) is 11.5 Å². The molecule has 2 aromatic carbocycles. The van der Waals surface area contributed by atoms with Gasteiger partial charge >= 0.3 is 5.97 Å². The number of fused-ring (bicyclic) bond motifs is 1. The van der Waals surface area contributed by atoms with Gasteiger partial charge < -0.3 is 14.2 Å². The lowest BCUT2D eigenvalue weighted by atomic mass is 10.2. The van der Waals surface area contributed by atoms with Gasteiger partial charge in [0.2, 0.25) is 10.0 Å². The van der Waals surface area contributed by atoms with E-state index in [1.807, 2.05) is 18.2 Å². The van der Waals surface area contributed by atoms with Crippen molar-refractivity contribution >= 4 is 31.9 Å². The predicted molar refractivity (Wildman–Crippen MR) is 101 cm³/mol. The number of nitrogens with one attached hydrogen (secondary N) is 1. The van der Waals surface area contributed by atoms with Crippen LogP contribution in [0, 0.1) is 0 Å². The smallest absolute Gasteiger partial charge is 0.321 e. The third-order valence-electron chi connectivity index (χ3n) is 3.78. The molecule has 1 aliphatic heterocycles. The van der Waals surface area contributed by atoms with E-state index in [2.05, 4.69) is 20.7 Å². The lowest BCUT2D eigenvalue weighted by Gasteiger charge is -2.11. The molecule has 0 bridgehead atoms. The highest BCUT2D eigenvalue weighted by Crippen LogP contribution is 2.31. The SMILES string of the molecule is O=C(CNS(=O)(=O)c1ccc2c(c1)OCCCO2)OCc1ccccc1Br. The number of sulfonamides is 1. The minimum Gasteiger partial charge on any atom is -0.490 e. The van der Waals surface area contributed by atoms with E-state index in [1.54, 1.807) is 12.1 Å². The normalized spacial score (nSPS) is 13.7. The van der Waals surface area contributed by atoms with Crippen LogP contribution in [0.1, 0.15) is 12.0 Å². The molecule has 7 nitrogen and oxygen atoms in total. The lowest BCUT2D eigenvalue weighted by Crippen LogP contribution is -2.30. The fourth-order valence-corrected chi connectivity index (χ4v) is 3.76. The molecule has 0 amide bonds. The summed E-state index contributed by atoms with van der Waals surface area (Å²) in [7, 11) is -3.89. The number of hydrogen-bond acceptors (Lipinski definition) is 6. The first-order valence-electron chi connectivity index (χ1n) is 8.24. The van der Waals surface area contributed by atoms with Crippen molar-refractivity contribution in [1.82, 2.24) is 4.72 Å². The first kappa shape index (κ1) is 19.7. The third-order valence-corrected chi connectivity index (χ3v) is 5.95. The number of rotatable bonds is 6. The van der Waals surface area contributed by atoms with Crippen molar-refractivity contribution in [1.29, 1.82) is 0 Å². The summed E-state index contributed by atoms with van der Waals surface area (Å²) in [5, 5.41) is 0. The maximum absolute atomic E-state index is 12.4. The van der Waals surface area contributed by atoms with Crippen LogP contribution in [0.25, 0.3) is 0 Å². The maximum Gasteiger partial charge on any atom is 0.321 e. The van der Waals surface area contributed by atoms with Crippen LogP contribution in [-0.4, -0.2) is 34.1 Å². The van der Waals surface area contributed by atoms with Crippen molar-refractivity contribution in [2.75, 3.05) is 19.8 Å². The summed E-state index contributed by atoms with van der Waals surface area (Å²) in [6.07, 6.45) is 0.721. The van der Waals surface area contributed by atoms with Crippen molar-refractivity contribution in [3.05, 3.63) is 52.5 Å². The van der Waals surface area contributed by atoms with Crippen LogP contribution in [-0.2, 0) is 26.2 Å². The zero-order valence-electron chi connectivity index (χ0n) is 14.3. The zero-order valence-corrected chi connectivity index (χ0v) is 16.7. The van der Waals surface area contributed by atoms with E-state index in [4.69, 9.17) is 14.2 Å². The second-order valence-corrected chi connectivity index (χ2v) is 8.36. The number of benzene rings is 2. The van der Waals surface area contributed by atoms with E-state index in [-0.39, 0.29) is 11.5 Å². The van der Waals surface area contributed by atoms with Crippen molar-refractivity contribution in [3.8, 4) is 11.5 Å². The van der Waals surface area contributed by atoms with Crippen LogP contribution in [0.3, 0.4) is 0 Å². The highest BCUT2D eigenvalue weighted by atomic mass is 79.9. The van der Waals surface area contributed by atoms with Gasteiger partial charge in [-0.2, -0.15) is 4.72 Å². The summed E-state index contributed by atoms with van der Waals surface area (Å²) >= 11 is 3.36. The second-order valence-electron chi connectivity index (χ2n) is 5.74. The number of carbonyl (C=O) groups is 1. The fraction of sp³-hybridized carbons (Fsp3) is 0.278. The maximum atomic E-state index is 12.4. The molecule has 3 rings (SSSR count). The average Bonchev–Trinajstić information content (AvgIpc) is 2.90. The summed E-state index contributed by atoms with van der Waals surface area (Å²) in [5.74, 6) is 0.190. The highest BCUT2D eigenvalue weighted by Gasteiger charge is 2.20. The number of hydrogen-bond donors (Lipinski definition) is 1. The topological polar surface area (TPSA) is 90.9 Å². The van der Waals surface area contributed by atoms with E-state index < -0.39 is 22.5 Å². The van der Waals surface area contributed by atoms with Gasteiger partial charge in [-0.3, -0.25) is 4.79 Å². The standard InChI is InChI=1S/C18H18BrNO6S/c19-15-5-2-1-4-13(15)12-26-18(21)11-20-27(22,23)14-6-7-16-17(10-14)25-9-3-8-24-16/h1-2,4-7,10,20H,3,8-9,11-12H2. The van der Waals surface area contributed by atoms with Gasteiger partial charge in [0.05, 0.1) is 18.1 Å². The molecule has 1 N–H and O–H groups in total. The van der Waals surface area contributed by atoms with Gasteiger partial charge in [0.25, 0.3) is 0 Å². The third kappa shape index (κ3) is 5.21. The van der Waals surface area contributed by atoms with Crippen LogP contribution >= 0.6 is 15.9 Å². The molecule has 0 fully saturated rings. The first-order chi connectivity index (χ1) is 13.0. The summed E-state index contributed by atoms with van der Waals surface area (Å²) in [6, 6.07) is 11.6. The van der Waals surface area contributed by atoms with E-state index in [0.717, 1.165) is 16.5 Å². The van der Waals surface area contributed by atoms with Gasteiger partial charge in [-0.25, -0.2) is 8.42 Å². The largest absolute Gasteiger partial charge is 0.490 e. The molecule has 0 aromatic heterocycles. The minimum atomic E-state index is -3.89. The van der Waals surface area contributed by atoms with Crippen LogP contribution in [0.2, 0.25) is 0 Å². The van der Waals surface area contributed by atoms with Gasteiger partial charge in [0.15, 0.2) is 11.5 Å². The van der Waals surface area contributed by atoms with Gasteiger partial charge in [-0.15, -0.1) is 0 Å². The Morgan fingerprint density at radius 1 is 1.11 bits per heavy atom. The van der Waals surface area contributed by atoms with Crippen LogP contribution < -0.4 is 14.2 Å². The second kappa shape index (κ2) is 8.73. The molecule has 2 aromatic rings. The van der Waals surface area contributed by atoms with Gasteiger partial charge in [-0.05, 0) is 18.2 Å². The van der Waals surface area contributed by atoms with Gasteiger partial charge in [0.1, 0.15) is 13.2 Å². The summed E-state index contributed by atoms with van der Waals surface area (Å²) in [4.78, 5) is 11.9. The fourth-order valence-electron chi connectivity index (χ4n) is 2.37.